The highest BCUT2D eigenvalue weighted by Crippen LogP contribution is 2.32. The van der Waals surface area contributed by atoms with Gasteiger partial charge in [0.15, 0.2) is 16.9 Å². The van der Waals surface area contributed by atoms with Gasteiger partial charge in [-0.05, 0) is 30.3 Å². The molecule has 0 atom stereocenters. The molecular formula is C16H12O5. The van der Waals surface area contributed by atoms with E-state index in [0.717, 1.165) is 0 Å². The summed E-state index contributed by atoms with van der Waals surface area (Å²) in [7, 11) is 1.44. The fourth-order valence-electron chi connectivity index (χ4n) is 2.12. The second-order valence-corrected chi connectivity index (χ2v) is 4.54. The lowest BCUT2D eigenvalue weighted by atomic mass is 10.1. The number of hydrogen-bond donors (Lipinski definition) is 2. The molecule has 2 aromatic carbocycles. The van der Waals surface area contributed by atoms with E-state index in [1.165, 1.54) is 37.4 Å². The van der Waals surface area contributed by atoms with Gasteiger partial charge in [-0.3, -0.25) is 4.79 Å². The zero-order valence-electron chi connectivity index (χ0n) is 11.2. The zero-order chi connectivity index (χ0) is 15.0. The molecule has 0 saturated carbocycles. The number of phenolic OH excluding ortho intramolecular Hbond substituents is 2. The summed E-state index contributed by atoms with van der Waals surface area (Å²) in [6.07, 6.45) is 0. The third kappa shape index (κ3) is 2.29. The molecule has 0 spiro atoms. The number of hydrogen-bond acceptors (Lipinski definition) is 5. The van der Waals surface area contributed by atoms with E-state index < -0.39 is 0 Å². The second kappa shape index (κ2) is 4.86. The first-order valence-electron chi connectivity index (χ1n) is 6.23. The maximum absolute atomic E-state index is 12.1. The molecule has 0 unspecified atom stereocenters. The number of phenols is 2. The van der Waals surface area contributed by atoms with Gasteiger partial charge >= 0.3 is 0 Å². The van der Waals surface area contributed by atoms with Crippen LogP contribution in [-0.2, 0) is 0 Å². The largest absolute Gasteiger partial charge is 0.508 e. The SMILES string of the molecule is COc1cc(-c2cc(=O)c3ccc(O)cc3o2)ccc1O. The van der Waals surface area contributed by atoms with Crippen LogP contribution in [0.25, 0.3) is 22.3 Å². The van der Waals surface area contributed by atoms with Crippen LogP contribution in [0.3, 0.4) is 0 Å². The predicted molar refractivity (Wildman–Crippen MR) is 77.8 cm³/mol. The Hall–Kier alpha value is -2.95. The normalized spacial score (nSPS) is 10.7. The summed E-state index contributed by atoms with van der Waals surface area (Å²) in [6.45, 7) is 0. The van der Waals surface area contributed by atoms with Crippen LogP contribution in [0.1, 0.15) is 0 Å². The van der Waals surface area contributed by atoms with Gasteiger partial charge in [0.25, 0.3) is 0 Å². The number of fused-ring (bicyclic) bond motifs is 1. The van der Waals surface area contributed by atoms with E-state index in [1.807, 2.05) is 0 Å². The van der Waals surface area contributed by atoms with E-state index in [9.17, 15) is 15.0 Å². The summed E-state index contributed by atoms with van der Waals surface area (Å²) >= 11 is 0. The van der Waals surface area contributed by atoms with E-state index in [0.29, 0.717) is 22.3 Å². The molecule has 1 aromatic heterocycles. The fraction of sp³-hybridized carbons (Fsp3) is 0.0625. The molecule has 5 nitrogen and oxygen atoms in total. The third-order valence-electron chi connectivity index (χ3n) is 3.18. The minimum Gasteiger partial charge on any atom is -0.508 e. The highest BCUT2D eigenvalue weighted by atomic mass is 16.5. The average molecular weight is 284 g/mol. The zero-order valence-corrected chi connectivity index (χ0v) is 11.2. The van der Waals surface area contributed by atoms with Gasteiger partial charge in [-0.25, -0.2) is 0 Å². The molecule has 0 amide bonds. The number of benzene rings is 2. The Morgan fingerprint density at radius 1 is 1.05 bits per heavy atom. The van der Waals surface area contributed by atoms with Crippen molar-refractivity contribution in [1.82, 2.24) is 0 Å². The van der Waals surface area contributed by atoms with Gasteiger partial charge in [0.05, 0.1) is 12.5 Å². The first kappa shape index (κ1) is 13.1. The van der Waals surface area contributed by atoms with Crippen LogP contribution >= 0.6 is 0 Å². The van der Waals surface area contributed by atoms with E-state index in [2.05, 4.69) is 0 Å². The number of rotatable bonds is 2. The Morgan fingerprint density at radius 2 is 1.86 bits per heavy atom. The van der Waals surface area contributed by atoms with Crippen LogP contribution in [0.2, 0.25) is 0 Å². The summed E-state index contributed by atoms with van der Waals surface area (Å²) in [6, 6.07) is 10.3. The van der Waals surface area contributed by atoms with Gasteiger partial charge in [0.1, 0.15) is 17.1 Å². The highest BCUT2D eigenvalue weighted by molar-refractivity contribution is 5.80. The topological polar surface area (TPSA) is 79.9 Å². The lowest BCUT2D eigenvalue weighted by Crippen LogP contribution is -2.00. The standard InChI is InChI=1S/C16H12O5/c1-20-16-6-9(2-5-12(16)18)14-8-13(19)11-4-3-10(17)7-15(11)21-14/h2-8,17-18H,1H3. The smallest absolute Gasteiger partial charge is 0.193 e. The van der Waals surface area contributed by atoms with Crippen molar-refractivity contribution >= 4 is 11.0 Å². The molecule has 1 heterocycles. The van der Waals surface area contributed by atoms with E-state index in [-0.39, 0.29) is 22.7 Å². The molecule has 0 saturated heterocycles. The highest BCUT2D eigenvalue weighted by Gasteiger charge is 2.10. The first-order chi connectivity index (χ1) is 10.1. The van der Waals surface area contributed by atoms with Crippen LogP contribution in [0.4, 0.5) is 0 Å². The maximum atomic E-state index is 12.1. The van der Waals surface area contributed by atoms with Crippen molar-refractivity contribution in [2.75, 3.05) is 7.11 Å². The Kier molecular flexibility index (Phi) is 3.02. The van der Waals surface area contributed by atoms with E-state index >= 15 is 0 Å². The quantitative estimate of drug-likeness (QED) is 0.756. The molecule has 21 heavy (non-hydrogen) atoms. The van der Waals surface area contributed by atoms with Gasteiger partial charge < -0.3 is 19.4 Å². The van der Waals surface area contributed by atoms with Crippen LogP contribution < -0.4 is 10.2 Å². The Balaban J connectivity index is 2.23. The minimum absolute atomic E-state index is 0.00188. The fourth-order valence-corrected chi connectivity index (χ4v) is 2.12. The molecule has 2 N–H and O–H groups in total. The molecule has 3 rings (SSSR count). The molecule has 0 bridgehead atoms. The minimum atomic E-state index is -0.210. The number of aromatic hydroxyl groups is 2. The van der Waals surface area contributed by atoms with Crippen molar-refractivity contribution < 1.29 is 19.4 Å². The van der Waals surface area contributed by atoms with Crippen molar-refractivity contribution in [2.45, 2.75) is 0 Å². The number of methoxy groups -OCH3 is 1. The van der Waals surface area contributed by atoms with E-state index in [4.69, 9.17) is 9.15 Å². The molecule has 0 fully saturated rings. The molecule has 0 aliphatic carbocycles. The maximum Gasteiger partial charge on any atom is 0.193 e. The average Bonchev–Trinajstić information content (AvgIpc) is 2.47. The first-order valence-corrected chi connectivity index (χ1v) is 6.23. The molecule has 0 radical (unpaired) electrons. The lowest BCUT2D eigenvalue weighted by molar-refractivity contribution is 0.373. The van der Waals surface area contributed by atoms with Gasteiger partial charge in [-0.2, -0.15) is 0 Å². The summed E-state index contributed by atoms with van der Waals surface area (Å²) in [5, 5.41) is 19.5. The van der Waals surface area contributed by atoms with Crippen LogP contribution in [0.15, 0.2) is 51.7 Å². The van der Waals surface area contributed by atoms with Gasteiger partial charge in [0.2, 0.25) is 0 Å². The lowest BCUT2D eigenvalue weighted by Gasteiger charge is -2.07. The van der Waals surface area contributed by atoms with Crippen molar-refractivity contribution in [3.8, 4) is 28.6 Å². The Bertz CT molecular complexity index is 879. The third-order valence-corrected chi connectivity index (χ3v) is 3.18. The van der Waals surface area contributed by atoms with Gasteiger partial charge in [-0.1, -0.05) is 0 Å². The van der Waals surface area contributed by atoms with Crippen LogP contribution in [0.5, 0.6) is 17.2 Å². The van der Waals surface area contributed by atoms with E-state index in [1.54, 1.807) is 12.1 Å². The summed E-state index contributed by atoms with van der Waals surface area (Å²) in [5.74, 6) is 0.635. The summed E-state index contributed by atoms with van der Waals surface area (Å²) in [4.78, 5) is 12.1. The predicted octanol–water partition coefficient (Wildman–Crippen LogP) is 2.88. The molecule has 0 aliphatic heterocycles. The monoisotopic (exact) mass is 284 g/mol. The van der Waals surface area contributed by atoms with Crippen molar-refractivity contribution in [3.05, 3.63) is 52.7 Å². The van der Waals surface area contributed by atoms with Crippen molar-refractivity contribution in [2.24, 2.45) is 0 Å². The molecule has 3 aromatic rings. The van der Waals surface area contributed by atoms with Crippen molar-refractivity contribution in [3.63, 3.8) is 0 Å². The van der Waals surface area contributed by atoms with Gasteiger partial charge in [0, 0.05) is 17.7 Å². The summed E-state index contributed by atoms with van der Waals surface area (Å²) in [5.41, 5.74) is 0.676. The van der Waals surface area contributed by atoms with Crippen LogP contribution in [0, 0.1) is 0 Å². The second-order valence-electron chi connectivity index (χ2n) is 4.54. The molecule has 5 heteroatoms. The Morgan fingerprint density at radius 3 is 2.62 bits per heavy atom. The van der Waals surface area contributed by atoms with Crippen LogP contribution in [-0.4, -0.2) is 17.3 Å². The van der Waals surface area contributed by atoms with Crippen molar-refractivity contribution in [1.29, 1.82) is 0 Å². The number of ether oxygens (including phenoxy) is 1. The molecular weight excluding hydrogens is 272 g/mol. The van der Waals surface area contributed by atoms with Gasteiger partial charge in [-0.15, -0.1) is 0 Å². The molecule has 0 aliphatic rings. The molecule has 106 valence electrons. The summed E-state index contributed by atoms with van der Waals surface area (Å²) < 4.78 is 10.7. The Labute approximate surface area is 119 Å².